The second kappa shape index (κ2) is 6.21. The van der Waals surface area contributed by atoms with Crippen molar-refractivity contribution >= 4 is 27.3 Å². The summed E-state index contributed by atoms with van der Waals surface area (Å²) in [6.07, 6.45) is 0.659. The van der Waals surface area contributed by atoms with Gasteiger partial charge in [-0.05, 0) is 42.3 Å². The van der Waals surface area contributed by atoms with Crippen molar-refractivity contribution in [3.63, 3.8) is 0 Å². The highest BCUT2D eigenvalue weighted by Crippen LogP contribution is 2.31. The van der Waals surface area contributed by atoms with Gasteiger partial charge < -0.3 is 15.7 Å². The van der Waals surface area contributed by atoms with E-state index >= 15 is 0 Å². The van der Waals surface area contributed by atoms with Gasteiger partial charge >= 0.3 is 0 Å². The van der Waals surface area contributed by atoms with Gasteiger partial charge in [-0.15, -0.1) is 0 Å². The number of hydrogen-bond acceptors (Lipinski definition) is 3. The van der Waals surface area contributed by atoms with Crippen LogP contribution in [0, 0.1) is 5.82 Å². The number of anilines is 2. The normalized spacial score (nSPS) is 10.9. The number of nitrogens with two attached hydrogens (primary N) is 1. The molecule has 1 rings (SSSR count). The molecule has 3 N–H and O–H groups in total. The fourth-order valence-corrected chi connectivity index (χ4v) is 2.03. The maximum absolute atomic E-state index is 13.3. The van der Waals surface area contributed by atoms with Crippen molar-refractivity contribution in [2.24, 2.45) is 0 Å². The number of aliphatic hydroxyl groups excluding tert-OH is 1. The van der Waals surface area contributed by atoms with E-state index in [1.165, 1.54) is 6.07 Å². The lowest BCUT2D eigenvalue weighted by molar-refractivity contribution is 0.288. The predicted molar refractivity (Wildman–Crippen MR) is 72.7 cm³/mol. The summed E-state index contributed by atoms with van der Waals surface area (Å²) in [6.45, 7) is 4.89. The SMILES string of the molecule is CC(C)N(CCCO)c1cc(Br)c(F)cc1N. The molecule has 0 aliphatic carbocycles. The molecule has 96 valence electrons. The van der Waals surface area contributed by atoms with Crippen molar-refractivity contribution in [2.45, 2.75) is 26.3 Å². The minimum atomic E-state index is -0.364. The van der Waals surface area contributed by atoms with Crippen molar-refractivity contribution in [3.8, 4) is 0 Å². The highest BCUT2D eigenvalue weighted by molar-refractivity contribution is 9.10. The molecule has 0 atom stereocenters. The number of benzene rings is 1. The topological polar surface area (TPSA) is 49.5 Å². The molecule has 0 amide bonds. The lowest BCUT2D eigenvalue weighted by Crippen LogP contribution is -2.32. The second-order valence-corrected chi connectivity index (χ2v) is 5.04. The van der Waals surface area contributed by atoms with E-state index in [1.54, 1.807) is 6.07 Å². The van der Waals surface area contributed by atoms with E-state index in [4.69, 9.17) is 10.8 Å². The fourth-order valence-electron chi connectivity index (χ4n) is 1.70. The lowest BCUT2D eigenvalue weighted by atomic mass is 10.2. The smallest absolute Gasteiger partial charge is 0.139 e. The highest BCUT2D eigenvalue weighted by Gasteiger charge is 2.15. The molecule has 0 saturated heterocycles. The van der Waals surface area contributed by atoms with Gasteiger partial charge in [0.25, 0.3) is 0 Å². The quantitative estimate of drug-likeness (QED) is 0.822. The van der Waals surface area contributed by atoms with Gasteiger partial charge in [0.15, 0.2) is 0 Å². The van der Waals surface area contributed by atoms with Crippen LogP contribution >= 0.6 is 15.9 Å². The molecule has 0 saturated carbocycles. The molecule has 0 aliphatic rings. The van der Waals surface area contributed by atoms with Crippen molar-refractivity contribution in [1.29, 1.82) is 0 Å². The summed E-state index contributed by atoms with van der Waals surface area (Å²) >= 11 is 3.16. The average molecular weight is 305 g/mol. The zero-order valence-corrected chi connectivity index (χ0v) is 11.7. The highest BCUT2D eigenvalue weighted by atomic mass is 79.9. The Balaban J connectivity index is 3.05. The van der Waals surface area contributed by atoms with E-state index in [0.717, 1.165) is 5.69 Å². The maximum Gasteiger partial charge on any atom is 0.139 e. The monoisotopic (exact) mass is 304 g/mol. The van der Waals surface area contributed by atoms with Crippen molar-refractivity contribution < 1.29 is 9.50 Å². The standard InChI is InChI=1S/C12H18BrFN2O/c1-8(2)16(4-3-5-17)12-6-9(13)10(14)7-11(12)15/h6-8,17H,3-5,15H2,1-2H3. The van der Waals surface area contributed by atoms with Gasteiger partial charge in [-0.1, -0.05) is 0 Å². The Bertz CT molecular complexity index is 385. The van der Waals surface area contributed by atoms with Crippen molar-refractivity contribution in [2.75, 3.05) is 23.8 Å². The zero-order valence-electron chi connectivity index (χ0n) is 10.1. The molecule has 0 fully saturated rings. The molecule has 0 radical (unpaired) electrons. The number of halogens is 2. The first kappa shape index (κ1) is 14.3. The van der Waals surface area contributed by atoms with Crippen LogP contribution in [-0.2, 0) is 0 Å². The third-order valence-corrected chi connectivity index (χ3v) is 3.17. The largest absolute Gasteiger partial charge is 0.397 e. The predicted octanol–water partition coefficient (Wildman–Crippen LogP) is 2.77. The molecule has 0 aliphatic heterocycles. The Kier molecular flexibility index (Phi) is 5.21. The first-order chi connectivity index (χ1) is 7.97. The van der Waals surface area contributed by atoms with Crippen LogP contribution < -0.4 is 10.6 Å². The molecule has 0 heterocycles. The van der Waals surface area contributed by atoms with Crippen molar-refractivity contribution in [3.05, 3.63) is 22.4 Å². The van der Waals surface area contributed by atoms with Gasteiger partial charge in [-0.3, -0.25) is 0 Å². The summed E-state index contributed by atoms with van der Waals surface area (Å²) in [5, 5.41) is 8.88. The molecule has 0 aromatic heterocycles. The Labute approximate surface area is 110 Å². The molecule has 0 unspecified atom stereocenters. The van der Waals surface area contributed by atoms with E-state index < -0.39 is 0 Å². The van der Waals surface area contributed by atoms with Crippen LogP contribution in [-0.4, -0.2) is 24.3 Å². The van der Waals surface area contributed by atoms with Gasteiger partial charge in [0.05, 0.1) is 15.8 Å². The van der Waals surface area contributed by atoms with Crippen LogP contribution in [0.25, 0.3) is 0 Å². The molecular weight excluding hydrogens is 287 g/mol. The van der Waals surface area contributed by atoms with Crippen LogP contribution in [0.15, 0.2) is 16.6 Å². The molecule has 1 aromatic carbocycles. The van der Waals surface area contributed by atoms with E-state index in [1.807, 2.05) is 13.8 Å². The molecule has 0 spiro atoms. The molecule has 17 heavy (non-hydrogen) atoms. The minimum absolute atomic E-state index is 0.130. The van der Waals surface area contributed by atoms with Crippen LogP contribution in [0.3, 0.4) is 0 Å². The number of rotatable bonds is 5. The molecule has 5 heteroatoms. The van der Waals surface area contributed by atoms with E-state index in [0.29, 0.717) is 23.1 Å². The van der Waals surface area contributed by atoms with Crippen LogP contribution in [0.4, 0.5) is 15.8 Å². The number of aliphatic hydroxyl groups is 1. The Morgan fingerprint density at radius 1 is 1.47 bits per heavy atom. The zero-order chi connectivity index (χ0) is 13.0. The summed E-state index contributed by atoms with van der Waals surface area (Å²) in [4.78, 5) is 2.05. The fraction of sp³-hybridized carbons (Fsp3) is 0.500. The van der Waals surface area contributed by atoms with E-state index in [-0.39, 0.29) is 18.5 Å². The van der Waals surface area contributed by atoms with Crippen LogP contribution in [0.5, 0.6) is 0 Å². The third kappa shape index (κ3) is 3.57. The second-order valence-electron chi connectivity index (χ2n) is 4.19. The Morgan fingerprint density at radius 2 is 2.12 bits per heavy atom. The summed E-state index contributed by atoms with van der Waals surface area (Å²) in [5.74, 6) is -0.364. The summed E-state index contributed by atoms with van der Waals surface area (Å²) < 4.78 is 13.7. The average Bonchev–Trinajstić information content (AvgIpc) is 2.25. The molecule has 0 bridgehead atoms. The molecule has 3 nitrogen and oxygen atoms in total. The number of hydrogen-bond donors (Lipinski definition) is 2. The number of nitrogens with zero attached hydrogens (tertiary/aromatic N) is 1. The summed E-state index contributed by atoms with van der Waals surface area (Å²) in [6, 6.07) is 3.23. The third-order valence-electron chi connectivity index (χ3n) is 2.56. The molecule has 1 aromatic rings. The summed E-state index contributed by atoms with van der Waals surface area (Å²) in [5.41, 5.74) is 7.04. The van der Waals surface area contributed by atoms with Crippen molar-refractivity contribution in [1.82, 2.24) is 0 Å². The van der Waals surface area contributed by atoms with Gasteiger partial charge in [-0.25, -0.2) is 4.39 Å². The Hall–Kier alpha value is -0.810. The Morgan fingerprint density at radius 3 is 2.65 bits per heavy atom. The minimum Gasteiger partial charge on any atom is -0.397 e. The van der Waals surface area contributed by atoms with Gasteiger partial charge in [0, 0.05) is 25.3 Å². The lowest BCUT2D eigenvalue weighted by Gasteiger charge is -2.30. The van der Waals surface area contributed by atoms with Gasteiger partial charge in [0.1, 0.15) is 5.82 Å². The summed E-state index contributed by atoms with van der Waals surface area (Å²) in [7, 11) is 0. The number of nitrogen functional groups attached to an aromatic ring is 1. The van der Waals surface area contributed by atoms with Gasteiger partial charge in [-0.2, -0.15) is 0 Å². The van der Waals surface area contributed by atoms with Crippen LogP contribution in [0.2, 0.25) is 0 Å². The van der Waals surface area contributed by atoms with Crippen LogP contribution in [0.1, 0.15) is 20.3 Å². The molecular formula is C12H18BrFN2O. The van der Waals surface area contributed by atoms with E-state index in [9.17, 15) is 4.39 Å². The first-order valence-electron chi connectivity index (χ1n) is 5.59. The first-order valence-corrected chi connectivity index (χ1v) is 6.38. The van der Waals surface area contributed by atoms with Gasteiger partial charge in [0.2, 0.25) is 0 Å². The maximum atomic E-state index is 13.3. The van der Waals surface area contributed by atoms with E-state index in [2.05, 4.69) is 20.8 Å².